The van der Waals surface area contributed by atoms with Gasteiger partial charge >= 0.3 is 0 Å². The highest BCUT2D eigenvalue weighted by Gasteiger charge is 2.46. The summed E-state index contributed by atoms with van der Waals surface area (Å²) in [6, 6.07) is 7.84. The molecular weight excluding hydrogens is 495 g/mol. The van der Waals surface area contributed by atoms with Crippen LogP contribution in [-0.4, -0.2) is 66.4 Å². The molecule has 0 spiro atoms. The maximum Gasteiger partial charge on any atom is 0.194 e. The molecule has 4 rings (SSSR count). The summed E-state index contributed by atoms with van der Waals surface area (Å²) in [5.41, 5.74) is 0.0496. The third-order valence-electron chi connectivity index (χ3n) is 5.56. The Morgan fingerprint density at radius 3 is 2.47 bits per heavy atom. The quantitative estimate of drug-likeness (QED) is 0.416. The Hall–Kier alpha value is -2.15. The molecule has 3 N–H and O–H groups in total. The van der Waals surface area contributed by atoms with Crippen LogP contribution in [0.2, 0.25) is 5.02 Å². The van der Waals surface area contributed by atoms with Crippen LogP contribution in [0.15, 0.2) is 42.6 Å². The van der Waals surface area contributed by atoms with Crippen LogP contribution < -0.4 is 0 Å². The molecule has 0 amide bonds. The summed E-state index contributed by atoms with van der Waals surface area (Å²) < 4.78 is 47.4. The fraction of sp³-hybridized carbons (Fsp3) is 0.364. The third kappa shape index (κ3) is 5.09. The monoisotopic (exact) mass is 515 g/mol. The van der Waals surface area contributed by atoms with E-state index in [4.69, 9.17) is 16.3 Å². The van der Waals surface area contributed by atoms with Crippen molar-refractivity contribution in [1.29, 1.82) is 0 Å². The van der Waals surface area contributed by atoms with E-state index in [9.17, 15) is 28.5 Å². The summed E-state index contributed by atoms with van der Waals surface area (Å²) in [5.74, 6) is -3.84. The first-order valence-electron chi connectivity index (χ1n) is 10.3. The van der Waals surface area contributed by atoms with Crippen LogP contribution in [0.4, 0.5) is 13.2 Å². The van der Waals surface area contributed by atoms with Gasteiger partial charge in [-0.3, -0.25) is 0 Å². The molecular formula is C22H21ClF3N3O4S. The number of nitrogens with zero attached hydrogens (tertiary/aromatic N) is 3. The van der Waals surface area contributed by atoms with Crippen LogP contribution in [-0.2, 0) is 11.2 Å². The van der Waals surface area contributed by atoms with Gasteiger partial charge in [0.15, 0.2) is 17.5 Å². The number of benzene rings is 2. The van der Waals surface area contributed by atoms with Crippen LogP contribution >= 0.6 is 23.4 Å². The SMILES string of the molecule is OCC1O[C@H](SCCc2ccccc2Cl)[C@@H](O)C(n2cc(-c3cc(F)c(F)c(F)c3)nn2)[C@H]1O. The Morgan fingerprint density at radius 1 is 1.09 bits per heavy atom. The Morgan fingerprint density at radius 2 is 1.79 bits per heavy atom. The van der Waals surface area contributed by atoms with E-state index in [1.54, 1.807) is 6.07 Å². The van der Waals surface area contributed by atoms with E-state index < -0.39 is 53.8 Å². The van der Waals surface area contributed by atoms with Crippen molar-refractivity contribution in [1.82, 2.24) is 15.0 Å². The highest BCUT2D eigenvalue weighted by Crippen LogP contribution is 2.36. The molecule has 0 radical (unpaired) electrons. The second-order valence-electron chi connectivity index (χ2n) is 7.75. The van der Waals surface area contributed by atoms with Crippen molar-refractivity contribution in [2.24, 2.45) is 0 Å². The molecule has 5 atom stereocenters. The number of aliphatic hydroxyl groups excluding tert-OH is 3. The van der Waals surface area contributed by atoms with Gasteiger partial charge in [-0.05, 0) is 35.9 Å². The van der Waals surface area contributed by atoms with Crippen molar-refractivity contribution in [2.45, 2.75) is 36.2 Å². The Bertz CT molecular complexity index is 1130. The van der Waals surface area contributed by atoms with Crippen LogP contribution in [0.5, 0.6) is 0 Å². The average molecular weight is 516 g/mol. The standard InChI is InChI=1S/C22H21ClF3N3O4S/c23-13-4-2-1-3-11(13)5-6-34-22-21(32)19(20(31)17(10-30)33-22)29-9-16(27-28-29)12-7-14(24)18(26)15(25)8-12/h1-4,7-9,17,19-22,30-32H,5-6,10H2/t17?,19?,20-,21-,22+/m0/s1. The second-order valence-corrected chi connectivity index (χ2v) is 9.36. The molecule has 2 unspecified atom stereocenters. The Labute approximate surface area is 202 Å². The molecule has 3 aromatic rings. The summed E-state index contributed by atoms with van der Waals surface area (Å²) in [5, 5.41) is 39.7. The Kier molecular flexibility index (Phi) is 7.80. The van der Waals surface area contributed by atoms with E-state index >= 15 is 0 Å². The van der Waals surface area contributed by atoms with Crippen molar-refractivity contribution in [3.05, 3.63) is 70.6 Å². The molecule has 12 heteroatoms. The van der Waals surface area contributed by atoms with E-state index in [0.29, 0.717) is 17.2 Å². The number of hydrogen-bond acceptors (Lipinski definition) is 7. The van der Waals surface area contributed by atoms with Gasteiger partial charge in [-0.2, -0.15) is 0 Å². The fourth-order valence-corrected chi connectivity index (χ4v) is 5.14. The lowest BCUT2D eigenvalue weighted by Crippen LogP contribution is -2.55. The molecule has 0 bridgehead atoms. The zero-order chi connectivity index (χ0) is 24.4. The zero-order valence-corrected chi connectivity index (χ0v) is 19.1. The molecule has 34 heavy (non-hydrogen) atoms. The van der Waals surface area contributed by atoms with Gasteiger partial charge < -0.3 is 20.1 Å². The molecule has 0 aliphatic carbocycles. The summed E-state index contributed by atoms with van der Waals surface area (Å²) in [7, 11) is 0. The molecule has 1 saturated heterocycles. The molecule has 1 aromatic heterocycles. The van der Waals surface area contributed by atoms with Gasteiger partial charge in [0.2, 0.25) is 0 Å². The van der Waals surface area contributed by atoms with Crippen molar-refractivity contribution in [3.63, 3.8) is 0 Å². The summed E-state index contributed by atoms with van der Waals surface area (Å²) >= 11 is 7.46. The lowest BCUT2D eigenvalue weighted by atomic mass is 9.97. The van der Waals surface area contributed by atoms with Crippen molar-refractivity contribution >= 4 is 23.4 Å². The maximum atomic E-state index is 13.6. The predicted octanol–water partition coefficient (Wildman–Crippen LogP) is 2.97. The number of hydrogen-bond donors (Lipinski definition) is 3. The zero-order valence-electron chi connectivity index (χ0n) is 17.6. The van der Waals surface area contributed by atoms with Gasteiger partial charge in [-0.15, -0.1) is 16.9 Å². The summed E-state index contributed by atoms with van der Waals surface area (Å²) in [6.07, 6.45) is -1.75. The topological polar surface area (TPSA) is 101 Å². The van der Waals surface area contributed by atoms with Gasteiger partial charge in [-0.1, -0.05) is 35.0 Å². The molecule has 182 valence electrons. The molecule has 7 nitrogen and oxygen atoms in total. The van der Waals surface area contributed by atoms with Crippen molar-refractivity contribution < 1.29 is 33.2 Å². The van der Waals surface area contributed by atoms with E-state index in [1.807, 2.05) is 18.2 Å². The van der Waals surface area contributed by atoms with Gasteiger partial charge in [0.1, 0.15) is 35.5 Å². The number of ether oxygens (including phenoxy) is 1. The van der Waals surface area contributed by atoms with Gasteiger partial charge in [0.25, 0.3) is 0 Å². The third-order valence-corrected chi connectivity index (χ3v) is 7.08. The molecule has 1 aliphatic heterocycles. The van der Waals surface area contributed by atoms with Crippen LogP contribution in [0.1, 0.15) is 11.6 Å². The van der Waals surface area contributed by atoms with Gasteiger partial charge in [0.05, 0.1) is 12.8 Å². The molecule has 2 aromatic carbocycles. The molecule has 1 aliphatic rings. The van der Waals surface area contributed by atoms with E-state index in [-0.39, 0.29) is 11.3 Å². The largest absolute Gasteiger partial charge is 0.394 e. The Balaban J connectivity index is 1.53. The predicted molar refractivity (Wildman–Crippen MR) is 120 cm³/mol. The van der Waals surface area contributed by atoms with Gasteiger partial charge in [-0.25, -0.2) is 17.9 Å². The van der Waals surface area contributed by atoms with Crippen molar-refractivity contribution in [2.75, 3.05) is 12.4 Å². The van der Waals surface area contributed by atoms with E-state index in [0.717, 1.165) is 22.4 Å². The lowest BCUT2D eigenvalue weighted by Gasteiger charge is -2.41. The highest BCUT2D eigenvalue weighted by molar-refractivity contribution is 7.99. The normalized spacial score (nSPS) is 25.0. The summed E-state index contributed by atoms with van der Waals surface area (Å²) in [6.45, 7) is -0.512. The minimum absolute atomic E-state index is 0.00663. The first-order chi connectivity index (χ1) is 16.3. The number of aliphatic hydroxyl groups is 3. The van der Waals surface area contributed by atoms with Gasteiger partial charge in [0, 0.05) is 10.6 Å². The fourth-order valence-electron chi connectivity index (χ4n) is 3.76. The van der Waals surface area contributed by atoms with Crippen LogP contribution in [0, 0.1) is 17.5 Å². The number of rotatable bonds is 7. The van der Waals surface area contributed by atoms with Crippen molar-refractivity contribution in [3.8, 4) is 11.3 Å². The summed E-state index contributed by atoms with van der Waals surface area (Å²) in [4.78, 5) is 0. The average Bonchev–Trinajstić information content (AvgIpc) is 3.29. The first kappa shape index (κ1) is 25.0. The minimum Gasteiger partial charge on any atom is -0.394 e. The first-order valence-corrected chi connectivity index (χ1v) is 11.8. The molecule has 1 fully saturated rings. The number of aryl methyl sites for hydroxylation is 1. The molecule has 0 saturated carbocycles. The number of aromatic nitrogens is 3. The lowest BCUT2D eigenvalue weighted by molar-refractivity contribution is -0.178. The highest BCUT2D eigenvalue weighted by atomic mass is 35.5. The van der Waals surface area contributed by atoms with E-state index in [1.165, 1.54) is 18.0 Å². The van der Waals surface area contributed by atoms with E-state index in [2.05, 4.69) is 10.3 Å². The molecule has 2 heterocycles. The minimum atomic E-state index is -1.60. The second kappa shape index (κ2) is 10.6. The van der Waals surface area contributed by atoms with Crippen LogP contribution in [0.25, 0.3) is 11.3 Å². The maximum absolute atomic E-state index is 13.6. The number of thioether (sulfide) groups is 1. The number of halogens is 4. The smallest absolute Gasteiger partial charge is 0.194 e. The van der Waals surface area contributed by atoms with Crippen LogP contribution in [0.3, 0.4) is 0 Å².